The number of alkyl halides is 3. The number of thioether (sulfide) groups is 1. The second-order valence-electron chi connectivity index (χ2n) is 3.38. The van der Waals surface area contributed by atoms with Gasteiger partial charge >= 0.3 is 5.51 Å². The minimum absolute atomic E-state index is 0.112. The maximum Gasteiger partial charge on any atom is 0.441 e. The van der Waals surface area contributed by atoms with Gasteiger partial charge in [0.15, 0.2) is 0 Å². The molecule has 0 bridgehead atoms. The highest BCUT2D eigenvalue weighted by Gasteiger charge is 2.27. The molecule has 0 aliphatic rings. The van der Waals surface area contributed by atoms with Crippen LogP contribution in [-0.2, 0) is 0 Å². The molecule has 1 aromatic rings. The molecule has 0 radical (unpaired) electrons. The van der Waals surface area contributed by atoms with E-state index in [9.17, 15) is 18.0 Å². The average Bonchev–Trinajstić information content (AvgIpc) is 2.33. The van der Waals surface area contributed by atoms with Gasteiger partial charge in [-0.1, -0.05) is 11.6 Å². The van der Waals surface area contributed by atoms with Gasteiger partial charge in [0.25, 0.3) is 5.91 Å². The average molecular weight is 314 g/mol. The Morgan fingerprint density at radius 3 is 2.68 bits per heavy atom. The number of hydrogen-bond acceptors (Lipinski definition) is 4. The van der Waals surface area contributed by atoms with Gasteiger partial charge < -0.3 is 10.7 Å². The maximum absolute atomic E-state index is 11.9. The highest BCUT2D eigenvalue weighted by molar-refractivity contribution is 8.00. The lowest BCUT2D eigenvalue weighted by atomic mass is 10.1. The molecule has 1 aromatic carbocycles. The van der Waals surface area contributed by atoms with Crippen LogP contribution in [0.1, 0.15) is 10.4 Å². The van der Waals surface area contributed by atoms with Gasteiger partial charge in [-0.2, -0.15) is 13.2 Å². The molecule has 4 nitrogen and oxygen atoms in total. The predicted molar refractivity (Wildman–Crippen MR) is 70.1 cm³/mol. The second-order valence-corrected chi connectivity index (χ2v) is 4.98. The topological polar surface area (TPSA) is 67.1 Å². The first-order chi connectivity index (χ1) is 8.83. The number of nitrogens with one attached hydrogen (secondary N) is 2. The minimum atomic E-state index is -4.30. The number of hydrogen-bond donors (Lipinski definition) is 3. The number of benzene rings is 1. The number of anilines is 1. The quantitative estimate of drug-likeness (QED) is 0.444. The van der Waals surface area contributed by atoms with E-state index in [4.69, 9.17) is 17.4 Å². The number of carbonyl (C=O) groups is 1. The number of nitrogens with two attached hydrogens (primary N) is 1. The minimum Gasteiger partial charge on any atom is -0.351 e. The van der Waals surface area contributed by atoms with Crippen molar-refractivity contribution in [1.82, 2.24) is 5.32 Å². The summed E-state index contributed by atoms with van der Waals surface area (Å²) < 4.78 is 35.6. The van der Waals surface area contributed by atoms with Crippen LogP contribution in [0.5, 0.6) is 0 Å². The number of halogens is 4. The molecule has 0 aromatic heterocycles. The Hall–Kier alpha value is -1.12. The standard InChI is InChI=1S/C10H11ClF3N3OS/c11-6-1-2-8(17-15)7(5-6)9(18)16-3-4-19-10(12,13)14/h1-2,5,17H,3-4,15H2,(H,16,18). The maximum atomic E-state index is 11.9. The van der Waals surface area contributed by atoms with Crippen LogP contribution in [0.4, 0.5) is 18.9 Å². The summed E-state index contributed by atoms with van der Waals surface area (Å²) in [5.74, 6) is 4.42. The normalized spacial score (nSPS) is 11.2. The van der Waals surface area contributed by atoms with E-state index < -0.39 is 11.4 Å². The fourth-order valence-corrected chi connectivity index (χ4v) is 1.86. The molecule has 1 amide bonds. The van der Waals surface area contributed by atoms with E-state index in [-0.39, 0.29) is 29.6 Å². The summed E-state index contributed by atoms with van der Waals surface area (Å²) in [6, 6.07) is 4.41. The lowest BCUT2D eigenvalue weighted by Gasteiger charge is -2.10. The Morgan fingerprint density at radius 2 is 2.11 bits per heavy atom. The van der Waals surface area contributed by atoms with Crippen LogP contribution >= 0.6 is 23.4 Å². The molecule has 0 fully saturated rings. The SMILES string of the molecule is NNc1ccc(Cl)cc1C(=O)NCCSC(F)(F)F. The lowest BCUT2D eigenvalue weighted by molar-refractivity contribution is -0.0327. The molecule has 0 aliphatic heterocycles. The van der Waals surface area contributed by atoms with E-state index in [1.807, 2.05) is 0 Å². The number of nitrogen functional groups attached to an aromatic ring is 1. The predicted octanol–water partition coefficient (Wildman–Crippen LogP) is 2.61. The van der Waals surface area contributed by atoms with Crippen molar-refractivity contribution in [3.8, 4) is 0 Å². The van der Waals surface area contributed by atoms with Gasteiger partial charge in [-0.25, -0.2) is 0 Å². The van der Waals surface area contributed by atoms with Gasteiger partial charge in [0, 0.05) is 17.3 Å². The van der Waals surface area contributed by atoms with E-state index in [1.165, 1.54) is 18.2 Å². The Kier molecular flexibility index (Phi) is 5.77. The molecular weight excluding hydrogens is 303 g/mol. The molecule has 9 heteroatoms. The van der Waals surface area contributed by atoms with Gasteiger partial charge in [0.05, 0.1) is 11.3 Å². The van der Waals surface area contributed by atoms with Gasteiger partial charge in [-0.15, -0.1) is 0 Å². The van der Waals surface area contributed by atoms with Crippen molar-refractivity contribution in [3.05, 3.63) is 28.8 Å². The molecule has 4 N–H and O–H groups in total. The van der Waals surface area contributed by atoms with Gasteiger partial charge in [0.1, 0.15) is 0 Å². The summed E-state index contributed by atoms with van der Waals surface area (Å²) in [5.41, 5.74) is -1.48. The van der Waals surface area contributed by atoms with E-state index >= 15 is 0 Å². The van der Waals surface area contributed by atoms with Gasteiger partial charge in [-0.05, 0) is 30.0 Å². The second kappa shape index (κ2) is 6.88. The molecule has 106 valence electrons. The number of hydrazine groups is 1. The van der Waals surface area contributed by atoms with Crippen LogP contribution in [-0.4, -0.2) is 23.7 Å². The molecule has 0 saturated carbocycles. The van der Waals surface area contributed by atoms with Crippen molar-refractivity contribution < 1.29 is 18.0 Å². The van der Waals surface area contributed by atoms with Crippen molar-refractivity contribution in [2.75, 3.05) is 17.7 Å². The van der Waals surface area contributed by atoms with Crippen LogP contribution in [0.3, 0.4) is 0 Å². The highest BCUT2D eigenvalue weighted by atomic mass is 35.5. The third-order valence-electron chi connectivity index (χ3n) is 2.04. The fraction of sp³-hybridized carbons (Fsp3) is 0.300. The van der Waals surface area contributed by atoms with E-state index in [2.05, 4.69) is 10.7 Å². The van der Waals surface area contributed by atoms with Crippen molar-refractivity contribution in [1.29, 1.82) is 0 Å². The molecule has 19 heavy (non-hydrogen) atoms. The Bertz CT molecular complexity index is 456. The molecule has 0 spiro atoms. The molecule has 0 unspecified atom stereocenters. The van der Waals surface area contributed by atoms with Gasteiger partial charge in [0.2, 0.25) is 0 Å². The van der Waals surface area contributed by atoms with Crippen molar-refractivity contribution >= 4 is 35.0 Å². The summed E-state index contributed by atoms with van der Waals surface area (Å²) in [6.45, 7) is -0.112. The third-order valence-corrected chi connectivity index (χ3v) is 3.01. The van der Waals surface area contributed by atoms with Gasteiger partial charge in [-0.3, -0.25) is 10.6 Å². The first kappa shape index (κ1) is 15.9. The highest BCUT2D eigenvalue weighted by Crippen LogP contribution is 2.29. The summed E-state index contributed by atoms with van der Waals surface area (Å²) in [7, 11) is 0. The summed E-state index contributed by atoms with van der Waals surface area (Å²) in [5, 5.41) is 2.69. The monoisotopic (exact) mass is 313 g/mol. The molecule has 1 rings (SSSR count). The van der Waals surface area contributed by atoms with Crippen LogP contribution in [0.25, 0.3) is 0 Å². The number of carbonyl (C=O) groups excluding carboxylic acids is 1. The Balaban J connectivity index is 2.56. The summed E-state index contributed by atoms with van der Waals surface area (Å²) in [4.78, 5) is 11.7. The van der Waals surface area contributed by atoms with Crippen LogP contribution in [0.2, 0.25) is 5.02 Å². The zero-order valence-electron chi connectivity index (χ0n) is 9.55. The molecule has 0 saturated heterocycles. The molecular formula is C10H11ClF3N3OS. The largest absolute Gasteiger partial charge is 0.441 e. The molecule has 0 heterocycles. The van der Waals surface area contributed by atoms with Crippen LogP contribution < -0.4 is 16.6 Å². The van der Waals surface area contributed by atoms with E-state index in [0.717, 1.165) is 0 Å². The first-order valence-corrected chi connectivity index (χ1v) is 6.45. The zero-order chi connectivity index (χ0) is 14.5. The van der Waals surface area contributed by atoms with Crippen molar-refractivity contribution in [2.24, 2.45) is 5.84 Å². The molecule has 0 atom stereocenters. The van der Waals surface area contributed by atoms with Crippen molar-refractivity contribution in [2.45, 2.75) is 5.51 Å². The van der Waals surface area contributed by atoms with E-state index in [0.29, 0.717) is 10.7 Å². The number of rotatable bonds is 5. The van der Waals surface area contributed by atoms with E-state index in [1.54, 1.807) is 0 Å². The van der Waals surface area contributed by atoms with Crippen molar-refractivity contribution in [3.63, 3.8) is 0 Å². The Labute approximate surface area is 116 Å². The summed E-state index contributed by atoms with van der Waals surface area (Å²) >= 11 is 5.54. The third kappa shape index (κ3) is 5.58. The van der Waals surface area contributed by atoms with Crippen LogP contribution in [0, 0.1) is 0 Å². The lowest BCUT2D eigenvalue weighted by Crippen LogP contribution is -2.27. The Morgan fingerprint density at radius 1 is 1.42 bits per heavy atom. The first-order valence-electron chi connectivity index (χ1n) is 5.08. The smallest absolute Gasteiger partial charge is 0.351 e. The zero-order valence-corrected chi connectivity index (χ0v) is 11.1. The number of amides is 1. The summed E-state index contributed by atoms with van der Waals surface area (Å²) in [6.07, 6.45) is 0. The molecule has 0 aliphatic carbocycles. The van der Waals surface area contributed by atoms with Crippen LogP contribution in [0.15, 0.2) is 18.2 Å². The fourth-order valence-electron chi connectivity index (χ4n) is 1.26.